The number of imidazole rings is 1. The predicted octanol–water partition coefficient (Wildman–Crippen LogP) is 2.04. The maximum atomic E-state index is 13.8. The third kappa shape index (κ3) is 5.70. The lowest BCUT2D eigenvalue weighted by Crippen LogP contribution is -2.40. The van der Waals surface area contributed by atoms with Gasteiger partial charge in [-0.25, -0.2) is 9.97 Å². The number of halogens is 3. The average molecular weight is 637 g/mol. The SMILES string of the molecule is CCc1c(C(=O)NCC(=O)NC2C3CNCC32)ccc(Nc2nccn3c(-c4cn(CC#N)nc4C(F)(F)F)cnc23)c1OC=O. The van der Waals surface area contributed by atoms with E-state index in [1.54, 1.807) is 13.0 Å². The summed E-state index contributed by atoms with van der Waals surface area (Å²) in [6.45, 7) is 3.08. The Balaban J connectivity index is 1.26. The first-order valence-electron chi connectivity index (χ1n) is 14.3. The zero-order valence-corrected chi connectivity index (χ0v) is 24.3. The lowest BCUT2D eigenvalue weighted by Gasteiger charge is -2.17. The van der Waals surface area contributed by atoms with E-state index >= 15 is 0 Å². The van der Waals surface area contributed by atoms with Gasteiger partial charge in [0.1, 0.15) is 6.54 Å². The Hall–Kier alpha value is -5.50. The molecule has 4 heterocycles. The van der Waals surface area contributed by atoms with Crippen LogP contribution >= 0.6 is 0 Å². The molecule has 2 unspecified atom stereocenters. The second-order valence-corrected chi connectivity index (χ2v) is 10.8. The molecule has 2 amide bonds. The van der Waals surface area contributed by atoms with E-state index in [1.165, 1.54) is 35.1 Å². The molecule has 1 saturated heterocycles. The molecular formula is C29H27F3N10O4. The molecule has 2 aliphatic rings. The van der Waals surface area contributed by atoms with Crippen molar-refractivity contribution in [3.63, 3.8) is 0 Å². The van der Waals surface area contributed by atoms with Crippen molar-refractivity contribution in [2.75, 3.05) is 25.0 Å². The normalized spacial score (nSPS) is 18.5. The Bertz CT molecular complexity index is 1870. The average Bonchev–Trinajstić information content (AvgIpc) is 3.49. The predicted molar refractivity (Wildman–Crippen MR) is 155 cm³/mol. The molecule has 0 bridgehead atoms. The second kappa shape index (κ2) is 12.1. The summed E-state index contributed by atoms with van der Waals surface area (Å²) in [6.07, 6.45) is 0.575. The van der Waals surface area contributed by atoms with Crippen LogP contribution in [0.1, 0.15) is 28.5 Å². The first-order chi connectivity index (χ1) is 22.1. The Morgan fingerprint density at radius 1 is 1.24 bits per heavy atom. The van der Waals surface area contributed by atoms with Crippen LogP contribution in [0, 0.1) is 23.2 Å². The van der Waals surface area contributed by atoms with Gasteiger partial charge in [-0.1, -0.05) is 6.92 Å². The van der Waals surface area contributed by atoms with Gasteiger partial charge < -0.3 is 26.0 Å². The fourth-order valence-corrected chi connectivity index (χ4v) is 5.90. The van der Waals surface area contributed by atoms with E-state index in [0.29, 0.717) is 17.4 Å². The topological polar surface area (TPSA) is 180 Å². The van der Waals surface area contributed by atoms with Crippen molar-refractivity contribution in [2.24, 2.45) is 11.8 Å². The highest BCUT2D eigenvalue weighted by molar-refractivity contribution is 5.99. The number of aromatic nitrogens is 5. The Kier molecular flexibility index (Phi) is 8.04. The van der Waals surface area contributed by atoms with Gasteiger partial charge in [-0.05, 0) is 30.4 Å². The molecule has 17 heteroatoms. The van der Waals surface area contributed by atoms with E-state index in [4.69, 9.17) is 10.00 Å². The molecule has 238 valence electrons. The van der Waals surface area contributed by atoms with Gasteiger partial charge in [-0.2, -0.15) is 23.5 Å². The van der Waals surface area contributed by atoms with Crippen molar-refractivity contribution in [3.05, 3.63) is 53.7 Å². The van der Waals surface area contributed by atoms with Crippen LogP contribution in [-0.4, -0.2) is 68.1 Å². The van der Waals surface area contributed by atoms with Crippen molar-refractivity contribution in [1.29, 1.82) is 5.26 Å². The fraction of sp³-hybridized carbons (Fsp3) is 0.345. The maximum absolute atomic E-state index is 13.8. The standard InChI is InChI=1S/C29H27F3N10O4/c1-2-15-16(28(45)37-12-22(44)39-23-17-9-34-10-18(17)23)3-4-20(24(15)46-14-43)38-26-27-36-11-21(42(27)8-6-35-26)19-13-41(7-5-33)40-25(19)29(30,31)32/h3-4,6,8,11,13-14,17-18,23,34H,2,7,9-10,12H2,1H3,(H,35,38)(H,37,45)(H,39,44). The summed E-state index contributed by atoms with van der Waals surface area (Å²) in [5, 5.41) is 24.3. The zero-order valence-electron chi connectivity index (χ0n) is 24.3. The minimum Gasteiger partial charge on any atom is -0.426 e. The minimum absolute atomic E-state index is 0.0284. The highest BCUT2D eigenvalue weighted by Crippen LogP contribution is 2.41. The Labute approximate surface area is 258 Å². The van der Waals surface area contributed by atoms with E-state index < -0.39 is 17.8 Å². The first kappa shape index (κ1) is 30.5. The number of fused-ring (bicyclic) bond motifs is 2. The molecular weight excluding hydrogens is 609 g/mol. The highest BCUT2D eigenvalue weighted by atomic mass is 19.4. The highest BCUT2D eigenvalue weighted by Gasteiger charge is 2.53. The Morgan fingerprint density at radius 2 is 2.02 bits per heavy atom. The maximum Gasteiger partial charge on any atom is 0.435 e. The number of hydrogen-bond donors (Lipinski definition) is 4. The summed E-state index contributed by atoms with van der Waals surface area (Å²) in [6, 6.07) is 4.86. The smallest absolute Gasteiger partial charge is 0.426 e. The van der Waals surface area contributed by atoms with Crippen LogP contribution in [0.4, 0.5) is 24.7 Å². The number of anilines is 2. The largest absolute Gasteiger partial charge is 0.435 e. The van der Waals surface area contributed by atoms with Gasteiger partial charge in [0, 0.05) is 48.8 Å². The number of piperidine rings is 1. The van der Waals surface area contributed by atoms with Crippen molar-refractivity contribution in [3.8, 4) is 23.1 Å². The van der Waals surface area contributed by atoms with Crippen LogP contribution in [0.5, 0.6) is 5.75 Å². The summed E-state index contributed by atoms with van der Waals surface area (Å²) >= 11 is 0. The minimum atomic E-state index is -4.79. The molecule has 0 radical (unpaired) electrons. The molecule has 2 fully saturated rings. The molecule has 46 heavy (non-hydrogen) atoms. The zero-order chi connectivity index (χ0) is 32.6. The molecule has 6 rings (SSSR count). The molecule has 4 N–H and O–H groups in total. The van der Waals surface area contributed by atoms with E-state index in [-0.39, 0.29) is 77.7 Å². The van der Waals surface area contributed by atoms with Gasteiger partial charge in [0.15, 0.2) is 22.9 Å². The summed E-state index contributed by atoms with van der Waals surface area (Å²) < 4.78 is 49.0. The van der Waals surface area contributed by atoms with Gasteiger partial charge in [-0.15, -0.1) is 0 Å². The van der Waals surface area contributed by atoms with E-state index in [1.807, 2.05) is 0 Å². The van der Waals surface area contributed by atoms with Crippen LogP contribution < -0.4 is 26.0 Å². The van der Waals surface area contributed by atoms with Gasteiger partial charge in [0.2, 0.25) is 5.91 Å². The first-order valence-corrected chi connectivity index (χ1v) is 14.3. The van der Waals surface area contributed by atoms with Gasteiger partial charge in [-0.3, -0.25) is 23.5 Å². The molecule has 1 aliphatic heterocycles. The number of carbonyl (C=O) groups is 3. The van der Waals surface area contributed by atoms with Crippen molar-refractivity contribution in [1.82, 2.24) is 40.1 Å². The van der Waals surface area contributed by atoms with Crippen molar-refractivity contribution in [2.45, 2.75) is 32.1 Å². The molecule has 0 spiro atoms. The number of nitrogens with zero attached hydrogens (tertiary/aromatic N) is 6. The molecule has 4 aromatic rings. The van der Waals surface area contributed by atoms with E-state index in [0.717, 1.165) is 24.0 Å². The molecule has 3 aromatic heterocycles. The summed E-state index contributed by atoms with van der Waals surface area (Å²) in [5.74, 6) is 0.149. The number of rotatable bonds is 11. The van der Waals surface area contributed by atoms with E-state index in [2.05, 4.69) is 36.3 Å². The van der Waals surface area contributed by atoms with Crippen molar-refractivity contribution >= 4 is 35.4 Å². The summed E-state index contributed by atoms with van der Waals surface area (Å²) in [5.41, 5.74) is -0.488. The van der Waals surface area contributed by atoms with Crippen LogP contribution in [0.2, 0.25) is 0 Å². The summed E-state index contributed by atoms with van der Waals surface area (Å²) in [7, 11) is 0. The quantitative estimate of drug-likeness (QED) is 0.178. The Morgan fingerprint density at radius 3 is 2.72 bits per heavy atom. The van der Waals surface area contributed by atoms with Crippen LogP contribution in [0.3, 0.4) is 0 Å². The van der Waals surface area contributed by atoms with E-state index in [9.17, 15) is 27.6 Å². The molecule has 2 atom stereocenters. The van der Waals surface area contributed by atoms with Crippen molar-refractivity contribution < 1.29 is 32.3 Å². The lowest BCUT2D eigenvalue weighted by atomic mass is 10.0. The molecule has 1 aliphatic carbocycles. The number of nitrogens with one attached hydrogen (secondary N) is 4. The number of benzene rings is 1. The number of ether oxygens (including phenoxy) is 1. The second-order valence-electron chi connectivity index (χ2n) is 10.8. The number of nitriles is 1. The fourth-order valence-electron chi connectivity index (χ4n) is 5.90. The number of alkyl halides is 3. The number of carbonyl (C=O) groups excluding carboxylic acids is 3. The summed E-state index contributed by atoms with van der Waals surface area (Å²) in [4.78, 5) is 45.6. The number of amides is 2. The van der Waals surface area contributed by atoms with Gasteiger partial charge in [0.25, 0.3) is 12.4 Å². The third-order valence-corrected chi connectivity index (χ3v) is 8.07. The van der Waals surface area contributed by atoms with Crippen LogP contribution in [0.25, 0.3) is 16.9 Å². The molecule has 1 aromatic carbocycles. The van der Waals surface area contributed by atoms with Gasteiger partial charge >= 0.3 is 6.18 Å². The van der Waals surface area contributed by atoms with Gasteiger partial charge in [0.05, 0.1) is 35.8 Å². The molecule has 1 saturated carbocycles. The number of hydrogen-bond acceptors (Lipinski definition) is 10. The monoisotopic (exact) mass is 636 g/mol. The van der Waals surface area contributed by atoms with Crippen LogP contribution in [-0.2, 0) is 28.7 Å². The third-order valence-electron chi connectivity index (χ3n) is 8.07. The molecule has 14 nitrogen and oxygen atoms in total. The van der Waals surface area contributed by atoms with Crippen LogP contribution in [0.15, 0.2) is 36.9 Å². The lowest BCUT2D eigenvalue weighted by molar-refractivity contribution is -0.141.